The van der Waals surface area contributed by atoms with E-state index in [1.54, 1.807) is 6.07 Å². The molecule has 4 nitrogen and oxygen atoms in total. The minimum atomic E-state index is -3.50. The average molecular weight is 355 g/mol. The van der Waals surface area contributed by atoms with Gasteiger partial charge in [-0.25, -0.2) is 13.1 Å². The highest BCUT2D eigenvalue weighted by atomic mass is 79.9. The quantitative estimate of drug-likeness (QED) is 0.872. The number of nitrogens with two attached hydrogens (primary N) is 1. The molecule has 1 heterocycles. The molecule has 0 saturated heterocycles. The van der Waals surface area contributed by atoms with Crippen LogP contribution in [0, 0.1) is 5.41 Å². The Morgan fingerprint density at radius 3 is 2.44 bits per heavy atom. The van der Waals surface area contributed by atoms with Crippen molar-refractivity contribution in [1.29, 1.82) is 0 Å². The summed E-state index contributed by atoms with van der Waals surface area (Å²) in [5.74, 6) is 0. The van der Waals surface area contributed by atoms with Crippen molar-refractivity contribution in [2.24, 2.45) is 11.1 Å². The fourth-order valence-electron chi connectivity index (χ4n) is 1.15. The number of thiophene rings is 1. The first-order valence-corrected chi connectivity index (χ1v) is 8.68. The van der Waals surface area contributed by atoms with Gasteiger partial charge in [0.05, 0.1) is 3.79 Å². The summed E-state index contributed by atoms with van der Waals surface area (Å²) in [6.07, 6.45) is 0. The molecular weight excluding hydrogens is 336 g/mol. The number of halogens is 1. The van der Waals surface area contributed by atoms with E-state index in [-0.39, 0.29) is 16.4 Å². The molecule has 1 rings (SSSR count). The predicted octanol–water partition coefficient (Wildman–Crippen LogP) is 2.68. The molecule has 0 saturated carbocycles. The van der Waals surface area contributed by atoms with E-state index in [2.05, 4.69) is 20.7 Å². The first kappa shape index (κ1) is 16.1. The molecule has 0 radical (unpaired) electrons. The largest absolute Gasteiger partial charge is 0.326 e. The van der Waals surface area contributed by atoms with Gasteiger partial charge in [0, 0.05) is 17.5 Å². The molecule has 0 aliphatic heterocycles. The molecular formula is C11H19BrN2O2S2. The molecule has 0 spiro atoms. The van der Waals surface area contributed by atoms with Crippen LogP contribution in [0.2, 0.25) is 0 Å². The monoisotopic (exact) mass is 354 g/mol. The topological polar surface area (TPSA) is 72.2 Å². The van der Waals surface area contributed by atoms with Crippen molar-refractivity contribution in [2.75, 3.05) is 0 Å². The third-order valence-electron chi connectivity index (χ3n) is 2.83. The van der Waals surface area contributed by atoms with E-state index in [1.165, 1.54) is 11.3 Å². The van der Waals surface area contributed by atoms with Gasteiger partial charge >= 0.3 is 0 Å². The summed E-state index contributed by atoms with van der Waals surface area (Å²) in [7, 11) is -3.50. The van der Waals surface area contributed by atoms with Gasteiger partial charge < -0.3 is 5.73 Å². The SMILES string of the molecule is CC(NS(=O)(=O)c1cc(CN)sc1Br)C(C)(C)C. The van der Waals surface area contributed by atoms with Crippen LogP contribution >= 0.6 is 27.3 Å². The van der Waals surface area contributed by atoms with Crippen LogP contribution in [0.1, 0.15) is 32.6 Å². The molecule has 1 unspecified atom stereocenters. The average Bonchev–Trinajstić information content (AvgIpc) is 2.58. The van der Waals surface area contributed by atoms with Crippen molar-refractivity contribution in [3.05, 3.63) is 14.7 Å². The summed E-state index contributed by atoms with van der Waals surface area (Å²) in [5, 5.41) is 0. The summed E-state index contributed by atoms with van der Waals surface area (Å²) in [4.78, 5) is 1.11. The molecule has 0 aliphatic carbocycles. The minimum absolute atomic E-state index is 0.133. The molecule has 7 heteroatoms. The molecule has 0 aromatic carbocycles. The Morgan fingerprint density at radius 1 is 1.50 bits per heavy atom. The molecule has 0 aliphatic rings. The van der Waals surface area contributed by atoms with E-state index in [0.29, 0.717) is 10.3 Å². The fourth-order valence-corrected chi connectivity index (χ4v) is 5.17. The maximum Gasteiger partial charge on any atom is 0.242 e. The third-order valence-corrected chi connectivity index (χ3v) is 6.64. The number of hydrogen-bond acceptors (Lipinski definition) is 4. The number of hydrogen-bond donors (Lipinski definition) is 2. The Labute approximate surface area is 121 Å². The van der Waals surface area contributed by atoms with Crippen molar-refractivity contribution < 1.29 is 8.42 Å². The summed E-state index contributed by atoms with van der Waals surface area (Å²) in [6.45, 7) is 8.19. The lowest BCUT2D eigenvalue weighted by Crippen LogP contribution is -2.41. The van der Waals surface area contributed by atoms with Crippen LogP contribution in [0.15, 0.2) is 14.7 Å². The van der Waals surface area contributed by atoms with Gasteiger partial charge in [-0.05, 0) is 34.3 Å². The van der Waals surface area contributed by atoms with E-state index >= 15 is 0 Å². The first-order chi connectivity index (χ1) is 8.08. The molecule has 0 bridgehead atoms. The summed E-state index contributed by atoms with van der Waals surface area (Å²) < 4.78 is 27.8. The first-order valence-electron chi connectivity index (χ1n) is 5.58. The fraction of sp³-hybridized carbons (Fsp3) is 0.636. The molecule has 3 N–H and O–H groups in total. The Hall–Kier alpha value is 0.0500. The van der Waals surface area contributed by atoms with Crippen LogP contribution in [0.3, 0.4) is 0 Å². The van der Waals surface area contributed by atoms with Gasteiger partial charge in [0.15, 0.2) is 0 Å². The van der Waals surface area contributed by atoms with Gasteiger partial charge in [0.2, 0.25) is 10.0 Å². The predicted molar refractivity (Wildman–Crippen MR) is 79.1 cm³/mol. The maximum atomic E-state index is 12.3. The van der Waals surface area contributed by atoms with Crippen LogP contribution in [0.25, 0.3) is 0 Å². The Morgan fingerprint density at radius 2 is 2.06 bits per heavy atom. The van der Waals surface area contributed by atoms with E-state index in [0.717, 1.165) is 4.88 Å². The van der Waals surface area contributed by atoms with E-state index < -0.39 is 10.0 Å². The number of sulfonamides is 1. The Balaban J connectivity index is 3.03. The maximum absolute atomic E-state index is 12.3. The second kappa shape index (κ2) is 5.58. The molecule has 1 atom stereocenters. The van der Waals surface area contributed by atoms with Gasteiger partial charge in [-0.1, -0.05) is 20.8 Å². The van der Waals surface area contributed by atoms with Crippen LogP contribution < -0.4 is 10.5 Å². The summed E-state index contributed by atoms with van der Waals surface area (Å²) in [6, 6.07) is 1.46. The van der Waals surface area contributed by atoms with Gasteiger partial charge in [0.25, 0.3) is 0 Å². The lowest BCUT2D eigenvalue weighted by atomic mass is 9.89. The van der Waals surface area contributed by atoms with Gasteiger partial charge in [-0.3, -0.25) is 0 Å². The van der Waals surface area contributed by atoms with Gasteiger partial charge in [0.1, 0.15) is 4.90 Å². The summed E-state index contributed by atoms with van der Waals surface area (Å²) in [5.41, 5.74) is 5.39. The Bertz CT molecular complexity index is 518. The zero-order chi connectivity index (χ0) is 14.1. The lowest BCUT2D eigenvalue weighted by Gasteiger charge is -2.27. The van der Waals surface area contributed by atoms with Crippen molar-refractivity contribution in [1.82, 2.24) is 4.72 Å². The second-order valence-corrected chi connectivity index (χ2v) is 9.40. The van der Waals surface area contributed by atoms with Crippen molar-refractivity contribution in [3.8, 4) is 0 Å². The standard InChI is InChI=1S/C11H19BrN2O2S2/c1-7(11(2,3)4)14-18(15,16)9-5-8(6-13)17-10(9)12/h5,7,14H,6,13H2,1-4H3. The smallest absolute Gasteiger partial charge is 0.242 e. The number of rotatable bonds is 4. The highest BCUT2D eigenvalue weighted by Gasteiger charge is 2.28. The second-order valence-electron chi connectivity index (χ2n) is 5.26. The van der Waals surface area contributed by atoms with Crippen molar-refractivity contribution >= 4 is 37.3 Å². The van der Waals surface area contributed by atoms with Crippen LogP contribution in [-0.4, -0.2) is 14.5 Å². The molecule has 18 heavy (non-hydrogen) atoms. The zero-order valence-electron chi connectivity index (χ0n) is 11.0. The van der Waals surface area contributed by atoms with Crippen LogP contribution in [0.4, 0.5) is 0 Å². The molecule has 1 aromatic heterocycles. The lowest BCUT2D eigenvalue weighted by molar-refractivity contribution is 0.317. The molecule has 1 aromatic rings. The third kappa shape index (κ3) is 3.77. The van der Waals surface area contributed by atoms with Crippen molar-refractivity contribution in [3.63, 3.8) is 0 Å². The number of nitrogens with one attached hydrogen (secondary N) is 1. The van der Waals surface area contributed by atoms with Gasteiger partial charge in [-0.15, -0.1) is 11.3 Å². The molecule has 104 valence electrons. The highest BCUT2D eigenvalue weighted by molar-refractivity contribution is 9.11. The van der Waals surface area contributed by atoms with Crippen molar-refractivity contribution in [2.45, 2.75) is 45.2 Å². The highest BCUT2D eigenvalue weighted by Crippen LogP contribution is 2.32. The van der Waals surface area contributed by atoms with E-state index in [1.807, 2.05) is 27.7 Å². The normalized spacial score (nSPS) is 14.8. The minimum Gasteiger partial charge on any atom is -0.326 e. The van der Waals surface area contributed by atoms with Gasteiger partial charge in [-0.2, -0.15) is 0 Å². The van der Waals surface area contributed by atoms with E-state index in [4.69, 9.17) is 5.73 Å². The van der Waals surface area contributed by atoms with Crippen LogP contribution in [0.5, 0.6) is 0 Å². The summed E-state index contributed by atoms with van der Waals surface area (Å²) >= 11 is 4.63. The molecule has 0 amide bonds. The zero-order valence-corrected chi connectivity index (χ0v) is 14.2. The van der Waals surface area contributed by atoms with E-state index in [9.17, 15) is 8.42 Å². The van der Waals surface area contributed by atoms with Crippen LogP contribution in [-0.2, 0) is 16.6 Å². The molecule has 0 fully saturated rings. The Kier molecular flexibility index (Phi) is 4.99.